The predicted molar refractivity (Wildman–Crippen MR) is 103 cm³/mol. The molecule has 1 aliphatic rings. The van der Waals surface area contributed by atoms with Gasteiger partial charge < -0.3 is 19.4 Å². The molecule has 0 fully saturated rings. The van der Waals surface area contributed by atoms with Gasteiger partial charge in [-0.1, -0.05) is 45.9 Å². The quantitative estimate of drug-likeness (QED) is 0.802. The van der Waals surface area contributed by atoms with E-state index in [0.29, 0.717) is 12.4 Å². The highest BCUT2D eigenvalue weighted by Crippen LogP contribution is 2.45. The van der Waals surface area contributed by atoms with Crippen molar-refractivity contribution in [3.05, 3.63) is 58.7 Å². The number of rotatable bonds is 5. The Morgan fingerprint density at radius 1 is 1.00 bits per heavy atom. The van der Waals surface area contributed by atoms with Crippen molar-refractivity contribution < 1.29 is 19.4 Å². The zero-order valence-corrected chi connectivity index (χ0v) is 16.7. The van der Waals surface area contributed by atoms with Gasteiger partial charge in [-0.15, -0.1) is 0 Å². The van der Waals surface area contributed by atoms with Crippen LogP contribution in [0.25, 0.3) is 0 Å². The number of carbonyl (C=O) groups excluding carboxylic acids is 1. The summed E-state index contributed by atoms with van der Waals surface area (Å²) in [7, 11) is 1.43. The summed E-state index contributed by atoms with van der Waals surface area (Å²) in [6.07, 6.45) is 2.35. The van der Waals surface area contributed by atoms with Gasteiger partial charge >= 0.3 is 0 Å². The van der Waals surface area contributed by atoms with Crippen LogP contribution in [0.3, 0.4) is 0 Å². The molecule has 0 atom stereocenters. The lowest BCUT2D eigenvalue weighted by molar-refractivity contribution is -0.255. The van der Waals surface area contributed by atoms with Crippen LogP contribution in [-0.4, -0.2) is 13.1 Å². The molecule has 27 heavy (non-hydrogen) atoms. The van der Waals surface area contributed by atoms with Crippen LogP contribution in [0.2, 0.25) is 0 Å². The number of ether oxygens (including phenoxy) is 2. The second kappa shape index (κ2) is 6.91. The van der Waals surface area contributed by atoms with E-state index in [4.69, 9.17) is 9.47 Å². The first kappa shape index (κ1) is 19.3. The van der Waals surface area contributed by atoms with E-state index >= 15 is 0 Å². The lowest BCUT2D eigenvalue weighted by Gasteiger charge is -2.42. The standard InChI is InChI=1S/C23H28O4/c1-22(2)10-11-23(3,4)19-12-15(6-9-18(19)22)14-27-16-7-8-17(21(24)25)20(13-16)26-5/h6-9,12-13H,10-11,14H2,1-5H3,(H,24,25)/p-1. The molecule has 2 aromatic carbocycles. The summed E-state index contributed by atoms with van der Waals surface area (Å²) in [5.41, 5.74) is 4.27. The largest absolute Gasteiger partial charge is 0.545 e. The maximum atomic E-state index is 11.1. The first-order chi connectivity index (χ1) is 12.6. The maximum absolute atomic E-state index is 11.1. The van der Waals surface area contributed by atoms with Crippen molar-refractivity contribution in [3.8, 4) is 11.5 Å². The van der Waals surface area contributed by atoms with Crippen LogP contribution in [0.4, 0.5) is 0 Å². The molecule has 3 rings (SSSR count). The third-order valence-electron chi connectivity index (χ3n) is 5.72. The first-order valence-corrected chi connectivity index (χ1v) is 9.30. The van der Waals surface area contributed by atoms with Crippen molar-refractivity contribution >= 4 is 5.97 Å². The van der Waals surface area contributed by atoms with Crippen LogP contribution in [0, 0.1) is 0 Å². The number of fused-ring (bicyclic) bond motifs is 1. The Kier molecular flexibility index (Phi) is 4.94. The highest BCUT2D eigenvalue weighted by Gasteiger charge is 2.36. The van der Waals surface area contributed by atoms with Gasteiger partial charge in [0.15, 0.2) is 0 Å². The zero-order valence-electron chi connectivity index (χ0n) is 16.7. The first-order valence-electron chi connectivity index (χ1n) is 9.30. The minimum Gasteiger partial charge on any atom is -0.545 e. The fourth-order valence-corrected chi connectivity index (χ4v) is 3.82. The normalized spacial score (nSPS) is 17.1. The second-order valence-electron chi connectivity index (χ2n) is 8.59. The molecule has 0 amide bonds. The van der Waals surface area contributed by atoms with Gasteiger partial charge in [0.1, 0.15) is 18.1 Å². The molecule has 0 unspecified atom stereocenters. The molecular formula is C23H27O4-. The average Bonchev–Trinajstić information content (AvgIpc) is 2.63. The van der Waals surface area contributed by atoms with E-state index in [1.807, 2.05) is 0 Å². The van der Waals surface area contributed by atoms with Gasteiger partial charge in [-0.2, -0.15) is 0 Å². The van der Waals surface area contributed by atoms with Crippen molar-refractivity contribution in [2.45, 2.75) is 58.0 Å². The Morgan fingerprint density at radius 3 is 2.30 bits per heavy atom. The smallest absolute Gasteiger partial charge is 0.131 e. The summed E-state index contributed by atoms with van der Waals surface area (Å²) in [5, 5.41) is 11.1. The third kappa shape index (κ3) is 3.80. The van der Waals surface area contributed by atoms with Crippen molar-refractivity contribution in [1.82, 2.24) is 0 Å². The topological polar surface area (TPSA) is 58.6 Å². The van der Waals surface area contributed by atoms with Crippen LogP contribution >= 0.6 is 0 Å². The Bertz CT molecular complexity index is 865. The van der Waals surface area contributed by atoms with Crippen LogP contribution in [0.1, 0.15) is 67.6 Å². The van der Waals surface area contributed by atoms with Gasteiger partial charge in [0.05, 0.1) is 13.1 Å². The number of hydrogen-bond donors (Lipinski definition) is 0. The van der Waals surface area contributed by atoms with Crippen LogP contribution in [0.15, 0.2) is 36.4 Å². The summed E-state index contributed by atoms with van der Waals surface area (Å²) in [6, 6.07) is 11.3. The van der Waals surface area contributed by atoms with Gasteiger partial charge in [0.2, 0.25) is 0 Å². The van der Waals surface area contributed by atoms with Crippen LogP contribution in [-0.2, 0) is 17.4 Å². The fourth-order valence-electron chi connectivity index (χ4n) is 3.82. The maximum Gasteiger partial charge on any atom is 0.131 e. The molecule has 4 nitrogen and oxygen atoms in total. The average molecular weight is 367 g/mol. The number of carbonyl (C=O) groups is 1. The summed E-state index contributed by atoms with van der Waals surface area (Å²) < 4.78 is 11.0. The summed E-state index contributed by atoms with van der Waals surface area (Å²) >= 11 is 0. The van der Waals surface area contributed by atoms with E-state index in [2.05, 4.69) is 45.9 Å². The molecule has 0 aromatic heterocycles. The third-order valence-corrected chi connectivity index (χ3v) is 5.72. The minimum absolute atomic E-state index is 0.0163. The molecule has 0 N–H and O–H groups in total. The number of aromatic carboxylic acids is 1. The van der Waals surface area contributed by atoms with Crippen molar-refractivity contribution in [1.29, 1.82) is 0 Å². The molecule has 2 aromatic rings. The molecule has 0 spiro atoms. The fraction of sp³-hybridized carbons (Fsp3) is 0.435. The van der Waals surface area contributed by atoms with Crippen molar-refractivity contribution in [3.63, 3.8) is 0 Å². The molecule has 144 valence electrons. The van der Waals surface area contributed by atoms with Gasteiger partial charge in [-0.05, 0) is 52.5 Å². The lowest BCUT2D eigenvalue weighted by Crippen LogP contribution is -2.33. The summed E-state index contributed by atoms with van der Waals surface area (Å²) in [6.45, 7) is 9.63. The van der Waals surface area contributed by atoms with E-state index in [1.165, 1.54) is 37.1 Å². The van der Waals surface area contributed by atoms with E-state index in [9.17, 15) is 9.90 Å². The highest BCUT2D eigenvalue weighted by molar-refractivity contribution is 5.89. The van der Waals surface area contributed by atoms with Gasteiger partial charge in [0, 0.05) is 11.6 Å². The van der Waals surface area contributed by atoms with E-state index in [-0.39, 0.29) is 22.1 Å². The van der Waals surface area contributed by atoms with Gasteiger partial charge in [0.25, 0.3) is 0 Å². The molecule has 0 saturated heterocycles. The molecule has 0 saturated carbocycles. The number of methoxy groups -OCH3 is 1. The zero-order chi connectivity index (χ0) is 19.8. The SMILES string of the molecule is COc1cc(OCc2ccc3c(c2)C(C)(C)CCC3(C)C)ccc1C(=O)[O-]. The van der Waals surface area contributed by atoms with Crippen molar-refractivity contribution in [2.24, 2.45) is 0 Å². The molecule has 0 bridgehead atoms. The van der Waals surface area contributed by atoms with Crippen LogP contribution in [0.5, 0.6) is 11.5 Å². The van der Waals surface area contributed by atoms with Gasteiger partial charge in [-0.25, -0.2) is 0 Å². The number of benzene rings is 2. The number of carboxylic acids is 1. The Morgan fingerprint density at radius 2 is 1.67 bits per heavy atom. The molecular weight excluding hydrogens is 340 g/mol. The van der Waals surface area contributed by atoms with Crippen LogP contribution < -0.4 is 14.6 Å². The molecule has 1 aliphatic carbocycles. The Labute approximate surface area is 161 Å². The molecule has 0 aliphatic heterocycles. The molecule has 0 radical (unpaired) electrons. The number of carboxylic acid groups (broad SMARTS) is 1. The molecule has 4 heteroatoms. The highest BCUT2D eigenvalue weighted by atomic mass is 16.5. The Balaban J connectivity index is 1.83. The lowest BCUT2D eigenvalue weighted by atomic mass is 9.63. The van der Waals surface area contributed by atoms with E-state index in [0.717, 1.165) is 5.56 Å². The van der Waals surface area contributed by atoms with Crippen molar-refractivity contribution in [2.75, 3.05) is 7.11 Å². The summed E-state index contributed by atoms with van der Waals surface area (Å²) in [5.74, 6) is -0.465. The molecule has 0 heterocycles. The van der Waals surface area contributed by atoms with Gasteiger partial charge in [-0.3, -0.25) is 0 Å². The predicted octanol–water partition coefficient (Wildman–Crippen LogP) is 3.99. The van der Waals surface area contributed by atoms with E-state index in [1.54, 1.807) is 12.1 Å². The monoisotopic (exact) mass is 367 g/mol. The number of hydrogen-bond acceptors (Lipinski definition) is 4. The summed E-state index contributed by atoms with van der Waals surface area (Å²) in [4.78, 5) is 11.1. The minimum atomic E-state index is -1.27. The Hall–Kier alpha value is -2.49. The van der Waals surface area contributed by atoms with E-state index < -0.39 is 5.97 Å². The second-order valence-corrected chi connectivity index (χ2v) is 8.59.